The van der Waals surface area contributed by atoms with Crippen LogP contribution in [-0.2, 0) is 9.84 Å². The van der Waals surface area contributed by atoms with Crippen molar-refractivity contribution >= 4 is 15.5 Å². The summed E-state index contributed by atoms with van der Waals surface area (Å²) in [6, 6.07) is 9.40. The molecule has 166 valence electrons. The monoisotopic (exact) mass is 441 g/mol. The maximum Gasteiger partial charge on any atom is 0.176 e. The lowest BCUT2D eigenvalue weighted by Crippen LogP contribution is -2.26. The predicted molar refractivity (Wildman–Crippen MR) is 124 cm³/mol. The molecule has 6 nitrogen and oxygen atoms in total. The van der Waals surface area contributed by atoms with E-state index in [1.165, 1.54) is 31.9 Å². The number of fused-ring (bicyclic) bond motifs is 1. The largest absolute Gasteiger partial charge is 0.427 e. The summed E-state index contributed by atoms with van der Waals surface area (Å²) in [4.78, 5) is 4.56. The molecule has 4 rings (SSSR count). The molecule has 1 aromatic rings. The predicted octanol–water partition coefficient (Wildman–Crippen LogP) is 5.37. The van der Waals surface area contributed by atoms with Crippen molar-refractivity contribution in [1.82, 2.24) is 9.71 Å². The molecule has 0 spiro atoms. The fourth-order valence-electron chi connectivity index (χ4n) is 4.77. The van der Waals surface area contributed by atoms with E-state index in [1.807, 2.05) is 18.2 Å². The summed E-state index contributed by atoms with van der Waals surface area (Å²) in [7, 11) is -3.35. The van der Waals surface area contributed by atoms with E-state index in [1.54, 1.807) is 25.3 Å². The lowest BCUT2D eigenvalue weighted by Gasteiger charge is -2.30. The fourth-order valence-corrected chi connectivity index (χ4v) is 5.42. The Bertz CT molecular complexity index is 1140. The standard InChI is InChI=1S/C24H31N3O3S/c1-4-5-17-6-8-18(9-7-17)26-23-11-10-19(31(3,29)30)15-22(23)21-14-16(2)27(28)24-20(21)12-13-25-24/h10-15,17-18,26,28H,4-9H2,1-3H3. The van der Waals surface area contributed by atoms with Crippen molar-refractivity contribution in [2.24, 2.45) is 5.92 Å². The smallest absolute Gasteiger partial charge is 0.176 e. The number of aromatic nitrogens is 2. The Kier molecular flexibility index (Phi) is 5.97. The molecule has 0 amide bonds. The van der Waals surface area contributed by atoms with Gasteiger partial charge in [0.15, 0.2) is 15.7 Å². The number of hydrogen-bond acceptors (Lipinski definition) is 5. The number of nitrogens with one attached hydrogen (secondary N) is 1. The molecule has 7 heteroatoms. The van der Waals surface area contributed by atoms with E-state index in [0.29, 0.717) is 17.6 Å². The molecular formula is C24H31N3O3S. The van der Waals surface area contributed by atoms with Gasteiger partial charge >= 0.3 is 0 Å². The van der Waals surface area contributed by atoms with Gasteiger partial charge in [-0.15, -0.1) is 0 Å². The van der Waals surface area contributed by atoms with Crippen LogP contribution in [0.25, 0.3) is 22.5 Å². The topological polar surface area (TPSA) is 84.2 Å². The van der Waals surface area contributed by atoms with Crippen LogP contribution in [-0.4, -0.2) is 35.6 Å². The number of hydrogen-bond donors (Lipinski definition) is 2. The normalized spacial score (nSPS) is 19.6. The van der Waals surface area contributed by atoms with Crippen molar-refractivity contribution in [1.29, 1.82) is 0 Å². The highest BCUT2D eigenvalue weighted by molar-refractivity contribution is 7.90. The second kappa shape index (κ2) is 8.54. The second-order valence-corrected chi connectivity index (χ2v) is 10.8. The molecule has 1 aliphatic carbocycles. The number of sulfone groups is 1. The molecule has 31 heavy (non-hydrogen) atoms. The van der Waals surface area contributed by atoms with Crippen LogP contribution in [0.4, 0.5) is 5.69 Å². The Morgan fingerprint density at radius 1 is 1.10 bits per heavy atom. The van der Waals surface area contributed by atoms with Crippen LogP contribution >= 0.6 is 0 Å². The Labute approximate surface area is 184 Å². The summed E-state index contributed by atoms with van der Waals surface area (Å²) < 4.78 is 25.6. The molecule has 0 saturated heterocycles. The second-order valence-electron chi connectivity index (χ2n) is 8.82. The number of aryl methyl sites for hydroxylation is 1. The number of rotatable bonds is 6. The summed E-state index contributed by atoms with van der Waals surface area (Å²) in [5.74, 6) is 1.28. The first-order valence-corrected chi connectivity index (χ1v) is 12.9. The summed E-state index contributed by atoms with van der Waals surface area (Å²) in [5.41, 5.74) is 4.03. The van der Waals surface area contributed by atoms with Crippen molar-refractivity contribution in [3.63, 3.8) is 0 Å². The third-order valence-electron chi connectivity index (χ3n) is 6.47. The van der Waals surface area contributed by atoms with Gasteiger partial charge in [-0.3, -0.25) is 0 Å². The zero-order chi connectivity index (χ0) is 22.2. The van der Waals surface area contributed by atoms with Crippen LogP contribution in [0, 0.1) is 12.8 Å². The minimum absolute atomic E-state index is 0.283. The molecule has 2 aliphatic heterocycles. The van der Waals surface area contributed by atoms with E-state index in [9.17, 15) is 13.6 Å². The van der Waals surface area contributed by atoms with Crippen LogP contribution < -0.4 is 5.32 Å². The van der Waals surface area contributed by atoms with Gasteiger partial charge in [0.05, 0.1) is 10.6 Å². The molecule has 1 fully saturated rings. The number of pyridine rings is 1. The molecule has 2 N–H and O–H groups in total. The lowest BCUT2D eigenvalue weighted by molar-refractivity contribution is 0.180. The van der Waals surface area contributed by atoms with Gasteiger partial charge in [0.2, 0.25) is 0 Å². The molecule has 0 bridgehead atoms. The quantitative estimate of drug-likeness (QED) is 0.502. The molecule has 1 aromatic carbocycles. The Balaban J connectivity index is 1.75. The maximum absolute atomic E-state index is 12.3. The van der Waals surface area contributed by atoms with E-state index in [0.717, 1.165) is 45.9 Å². The summed E-state index contributed by atoms with van der Waals surface area (Å²) in [6.07, 6.45) is 10.1. The molecule has 0 unspecified atom stereocenters. The van der Waals surface area contributed by atoms with Crippen molar-refractivity contribution in [2.75, 3.05) is 11.6 Å². The van der Waals surface area contributed by atoms with E-state index in [2.05, 4.69) is 17.2 Å². The zero-order valence-corrected chi connectivity index (χ0v) is 19.2. The summed E-state index contributed by atoms with van der Waals surface area (Å²) >= 11 is 0. The Morgan fingerprint density at radius 2 is 1.84 bits per heavy atom. The molecule has 1 saturated carbocycles. The SMILES string of the molecule is CCCC1CCC(Nc2ccc(S(C)(=O)=O)cc2-c2cc(C)n(O)c3nccc2-3)CC1. The maximum atomic E-state index is 12.3. The summed E-state index contributed by atoms with van der Waals surface area (Å²) in [6.45, 7) is 4.05. The first-order chi connectivity index (χ1) is 14.8. The van der Waals surface area contributed by atoms with Gasteiger partial charge in [0, 0.05) is 35.3 Å². The molecule has 0 radical (unpaired) electrons. The van der Waals surface area contributed by atoms with E-state index in [-0.39, 0.29) is 4.90 Å². The fraction of sp³-hybridized carbons (Fsp3) is 0.458. The molecule has 3 aliphatic rings. The van der Waals surface area contributed by atoms with Gasteiger partial charge in [-0.25, -0.2) is 13.4 Å². The first kappa shape index (κ1) is 21.7. The molecule has 0 aromatic heterocycles. The van der Waals surface area contributed by atoms with Gasteiger partial charge < -0.3 is 10.5 Å². The molecule has 2 heterocycles. The van der Waals surface area contributed by atoms with Crippen molar-refractivity contribution in [3.05, 3.63) is 42.2 Å². The first-order valence-electron chi connectivity index (χ1n) is 11.0. The van der Waals surface area contributed by atoms with Crippen molar-refractivity contribution in [2.45, 2.75) is 63.3 Å². The minimum atomic E-state index is -3.35. The van der Waals surface area contributed by atoms with Crippen LogP contribution in [0.15, 0.2) is 41.4 Å². The Morgan fingerprint density at radius 3 is 2.52 bits per heavy atom. The van der Waals surface area contributed by atoms with E-state index >= 15 is 0 Å². The average molecular weight is 442 g/mol. The van der Waals surface area contributed by atoms with Crippen molar-refractivity contribution < 1.29 is 13.6 Å². The third-order valence-corrected chi connectivity index (χ3v) is 7.58. The van der Waals surface area contributed by atoms with Gasteiger partial charge in [-0.2, -0.15) is 4.73 Å². The highest BCUT2D eigenvalue weighted by Crippen LogP contribution is 2.40. The molecular weight excluding hydrogens is 410 g/mol. The minimum Gasteiger partial charge on any atom is -0.427 e. The highest BCUT2D eigenvalue weighted by atomic mass is 32.2. The molecule has 0 atom stereocenters. The van der Waals surface area contributed by atoms with Crippen molar-refractivity contribution in [3.8, 4) is 22.5 Å². The lowest BCUT2D eigenvalue weighted by atomic mass is 9.83. The van der Waals surface area contributed by atoms with Crippen LogP contribution in [0.2, 0.25) is 0 Å². The number of nitrogens with zero attached hydrogens (tertiary/aromatic N) is 2. The number of benzene rings is 1. The van der Waals surface area contributed by atoms with Crippen LogP contribution in [0.3, 0.4) is 0 Å². The van der Waals surface area contributed by atoms with Gasteiger partial charge in [0.25, 0.3) is 0 Å². The average Bonchev–Trinajstić information content (AvgIpc) is 3.22. The number of anilines is 1. The zero-order valence-electron chi connectivity index (χ0n) is 18.4. The van der Waals surface area contributed by atoms with Crippen LogP contribution in [0.5, 0.6) is 0 Å². The van der Waals surface area contributed by atoms with E-state index in [4.69, 9.17) is 0 Å². The highest BCUT2D eigenvalue weighted by Gasteiger charge is 2.24. The van der Waals surface area contributed by atoms with Gasteiger partial charge in [0.1, 0.15) is 0 Å². The third kappa shape index (κ3) is 4.42. The summed E-state index contributed by atoms with van der Waals surface area (Å²) in [5, 5.41) is 14.0. The van der Waals surface area contributed by atoms with Gasteiger partial charge in [-0.05, 0) is 74.4 Å². The van der Waals surface area contributed by atoms with Crippen LogP contribution in [0.1, 0.15) is 51.1 Å². The van der Waals surface area contributed by atoms with Gasteiger partial charge in [-0.1, -0.05) is 19.8 Å². The van der Waals surface area contributed by atoms with E-state index < -0.39 is 9.84 Å². The Hall–Kier alpha value is -2.54.